The lowest BCUT2D eigenvalue weighted by atomic mass is 10.3. The normalized spacial score (nSPS) is 17.6. The average Bonchev–Trinajstić information content (AvgIpc) is 3.24. The van der Waals surface area contributed by atoms with Crippen LogP contribution in [0.5, 0.6) is 0 Å². The van der Waals surface area contributed by atoms with Gasteiger partial charge in [0.2, 0.25) is 0 Å². The molecular formula is C14H32N4O2S. The van der Waals surface area contributed by atoms with E-state index in [1.807, 2.05) is 6.92 Å². The standard InChI is InChI=1S/C14H32N4O2S/c1-5-18(6-2)12-13(3)16-21(19,20)17(4)11-7-10-15-14-8-9-14/h13-16H,5-12H2,1-4H3. The van der Waals surface area contributed by atoms with Gasteiger partial charge in [0.25, 0.3) is 10.2 Å². The number of rotatable bonds is 12. The molecule has 0 amide bonds. The molecule has 0 aromatic heterocycles. The van der Waals surface area contributed by atoms with Gasteiger partial charge in [0.15, 0.2) is 0 Å². The van der Waals surface area contributed by atoms with E-state index in [0.717, 1.165) is 32.6 Å². The maximum absolute atomic E-state index is 12.2. The first-order valence-electron chi connectivity index (χ1n) is 8.08. The molecule has 1 fully saturated rings. The maximum atomic E-state index is 12.2. The van der Waals surface area contributed by atoms with Crippen LogP contribution in [0.15, 0.2) is 0 Å². The van der Waals surface area contributed by atoms with Crippen LogP contribution in [0.25, 0.3) is 0 Å². The van der Waals surface area contributed by atoms with Crippen molar-refractivity contribution in [1.29, 1.82) is 0 Å². The Morgan fingerprint density at radius 2 is 1.86 bits per heavy atom. The summed E-state index contributed by atoms with van der Waals surface area (Å²) in [5.74, 6) is 0. The molecule has 0 aromatic rings. The molecule has 1 rings (SSSR count). The third kappa shape index (κ3) is 7.56. The predicted octanol–water partition coefficient (Wildman–Crippen LogP) is 0.625. The lowest BCUT2D eigenvalue weighted by Gasteiger charge is -2.25. The van der Waals surface area contributed by atoms with E-state index in [2.05, 4.69) is 28.8 Å². The van der Waals surface area contributed by atoms with Gasteiger partial charge in [-0.15, -0.1) is 0 Å². The molecule has 0 aliphatic heterocycles. The summed E-state index contributed by atoms with van der Waals surface area (Å²) in [7, 11) is -1.74. The maximum Gasteiger partial charge on any atom is 0.279 e. The summed E-state index contributed by atoms with van der Waals surface area (Å²) >= 11 is 0. The highest BCUT2D eigenvalue weighted by molar-refractivity contribution is 7.87. The van der Waals surface area contributed by atoms with Gasteiger partial charge in [0.1, 0.15) is 0 Å². The van der Waals surface area contributed by atoms with Gasteiger partial charge >= 0.3 is 0 Å². The predicted molar refractivity (Wildman–Crippen MR) is 87.6 cm³/mol. The molecular weight excluding hydrogens is 288 g/mol. The highest BCUT2D eigenvalue weighted by Crippen LogP contribution is 2.18. The van der Waals surface area contributed by atoms with Gasteiger partial charge in [-0.1, -0.05) is 13.8 Å². The summed E-state index contributed by atoms with van der Waals surface area (Å²) in [6.45, 7) is 10.1. The fourth-order valence-electron chi connectivity index (χ4n) is 2.27. The van der Waals surface area contributed by atoms with Crippen molar-refractivity contribution in [3.63, 3.8) is 0 Å². The van der Waals surface area contributed by atoms with Crippen molar-refractivity contribution < 1.29 is 8.42 Å². The quantitative estimate of drug-likeness (QED) is 0.518. The van der Waals surface area contributed by atoms with Crippen molar-refractivity contribution in [2.75, 3.05) is 39.8 Å². The Hall–Kier alpha value is -0.210. The molecule has 21 heavy (non-hydrogen) atoms. The second-order valence-electron chi connectivity index (χ2n) is 5.91. The van der Waals surface area contributed by atoms with Crippen molar-refractivity contribution in [2.24, 2.45) is 0 Å². The number of nitrogens with zero attached hydrogens (tertiary/aromatic N) is 2. The van der Waals surface area contributed by atoms with Crippen LogP contribution in [-0.4, -0.2) is 69.5 Å². The SMILES string of the molecule is CCN(CC)CC(C)NS(=O)(=O)N(C)CCCNC1CC1. The van der Waals surface area contributed by atoms with Crippen LogP contribution in [0, 0.1) is 0 Å². The third-order valence-corrected chi connectivity index (χ3v) is 5.55. The van der Waals surface area contributed by atoms with E-state index < -0.39 is 10.2 Å². The Kier molecular flexibility index (Phi) is 8.12. The monoisotopic (exact) mass is 320 g/mol. The summed E-state index contributed by atoms with van der Waals surface area (Å²) in [5.41, 5.74) is 0. The zero-order valence-electron chi connectivity index (χ0n) is 13.9. The Labute approximate surface area is 130 Å². The second kappa shape index (κ2) is 9.05. The molecule has 1 aliphatic rings. The van der Waals surface area contributed by atoms with E-state index >= 15 is 0 Å². The van der Waals surface area contributed by atoms with Crippen molar-refractivity contribution in [3.8, 4) is 0 Å². The minimum Gasteiger partial charge on any atom is -0.314 e. The van der Waals surface area contributed by atoms with Crippen LogP contribution in [-0.2, 0) is 10.2 Å². The van der Waals surface area contributed by atoms with E-state index in [1.165, 1.54) is 17.1 Å². The van der Waals surface area contributed by atoms with E-state index in [0.29, 0.717) is 12.6 Å². The fraction of sp³-hybridized carbons (Fsp3) is 1.00. The van der Waals surface area contributed by atoms with E-state index in [-0.39, 0.29) is 6.04 Å². The number of nitrogens with one attached hydrogen (secondary N) is 2. The van der Waals surface area contributed by atoms with Gasteiger partial charge in [0.05, 0.1) is 0 Å². The van der Waals surface area contributed by atoms with Crippen LogP contribution >= 0.6 is 0 Å². The molecule has 7 heteroatoms. The summed E-state index contributed by atoms with van der Waals surface area (Å²) in [5, 5.41) is 3.40. The molecule has 1 atom stereocenters. The van der Waals surface area contributed by atoms with Gasteiger partial charge in [-0.3, -0.25) is 0 Å². The van der Waals surface area contributed by atoms with Crippen LogP contribution in [0.4, 0.5) is 0 Å². The van der Waals surface area contributed by atoms with Gasteiger partial charge in [-0.25, -0.2) is 0 Å². The molecule has 0 radical (unpaired) electrons. The molecule has 126 valence electrons. The Balaban J connectivity index is 2.28. The third-order valence-electron chi connectivity index (χ3n) is 3.85. The van der Waals surface area contributed by atoms with Crippen LogP contribution in [0.3, 0.4) is 0 Å². The highest BCUT2D eigenvalue weighted by atomic mass is 32.2. The Morgan fingerprint density at radius 1 is 1.24 bits per heavy atom. The summed E-state index contributed by atoms with van der Waals surface area (Å²) in [6, 6.07) is 0.598. The molecule has 0 aromatic carbocycles. The fourth-order valence-corrected chi connectivity index (χ4v) is 3.40. The van der Waals surface area contributed by atoms with Gasteiger partial charge in [0, 0.05) is 32.2 Å². The smallest absolute Gasteiger partial charge is 0.279 e. The van der Waals surface area contributed by atoms with Crippen molar-refractivity contribution in [1.82, 2.24) is 19.2 Å². The van der Waals surface area contributed by atoms with Crippen LogP contribution in [0.2, 0.25) is 0 Å². The highest BCUT2D eigenvalue weighted by Gasteiger charge is 2.22. The summed E-state index contributed by atoms with van der Waals surface area (Å²) in [6.07, 6.45) is 3.37. The van der Waals surface area contributed by atoms with E-state index in [4.69, 9.17) is 0 Å². The van der Waals surface area contributed by atoms with Crippen molar-refractivity contribution in [3.05, 3.63) is 0 Å². The Bertz CT molecular complexity index is 380. The van der Waals surface area contributed by atoms with Gasteiger partial charge in [-0.05, 0) is 45.8 Å². The zero-order chi connectivity index (χ0) is 15.9. The molecule has 1 saturated carbocycles. The lowest BCUT2D eigenvalue weighted by Crippen LogP contribution is -2.47. The number of hydrogen-bond acceptors (Lipinski definition) is 4. The first-order chi connectivity index (χ1) is 9.89. The number of hydrogen-bond donors (Lipinski definition) is 2. The van der Waals surface area contributed by atoms with Crippen molar-refractivity contribution >= 4 is 10.2 Å². The second-order valence-corrected chi connectivity index (χ2v) is 7.72. The van der Waals surface area contributed by atoms with E-state index in [1.54, 1.807) is 7.05 Å². The molecule has 0 bridgehead atoms. The van der Waals surface area contributed by atoms with Crippen LogP contribution in [0.1, 0.15) is 40.0 Å². The molecule has 1 aliphatic carbocycles. The molecule has 0 saturated heterocycles. The van der Waals surface area contributed by atoms with Gasteiger partial charge < -0.3 is 10.2 Å². The molecule has 0 spiro atoms. The molecule has 0 heterocycles. The van der Waals surface area contributed by atoms with E-state index in [9.17, 15) is 8.42 Å². The zero-order valence-corrected chi connectivity index (χ0v) is 14.7. The largest absolute Gasteiger partial charge is 0.314 e. The number of likely N-dealkylation sites (N-methyl/N-ethyl adjacent to an activating group) is 1. The summed E-state index contributed by atoms with van der Waals surface area (Å²) in [4.78, 5) is 2.22. The first kappa shape index (κ1) is 18.8. The van der Waals surface area contributed by atoms with Gasteiger partial charge in [-0.2, -0.15) is 17.4 Å². The minimum absolute atomic E-state index is 0.0815. The minimum atomic E-state index is -3.38. The van der Waals surface area contributed by atoms with Crippen LogP contribution < -0.4 is 10.0 Å². The first-order valence-corrected chi connectivity index (χ1v) is 9.52. The average molecular weight is 321 g/mol. The molecule has 2 N–H and O–H groups in total. The molecule has 6 nitrogen and oxygen atoms in total. The summed E-state index contributed by atoms with van der Waals surface area (Å²) < 4.78 is 28.6. The lowest BCUT2D eigenvalue weighted by molar-refractivity contribution is 0.280. The van der Waals surface area contributed by atoms with Crippen molar-refractivity contribution in [2.45, 2.75) is 52.1 Å². The molecule has 1 unspecified atom stereocenters. The topological polar surface area (TPSA) is 64.7 Å². The Morgan fingerprint density at radius 3 is 2.38 bits per heavy atom.